The number of alkyl halides is 3. The molecule has 0 aromatic heterocycles. The number of carbonyl (C=O) groups excluding carboxylic acids is 1. The van der Waals surface area contributed by atoms with E-state index in [9.17, 15) is 23.1 Å². The highest BCUT2D eigenvalue weighted by Crippen LogP contribution is 2.30. The fourth-order valence-corrected chi connectivity index (χ4v) is 1.92. The van der Waals surface area contributed by atoms with E-state index in [1.807, 2.05) is 6.07 Å². The molecule has 0 heterocycles. The van der Waals surface area contributed by atoms with Crippen LogP contribution in [0.3, 0.4) is 0 Å². The molecule has 24 heavy (non-hydrogen) atoms. The minimum atomic E-state index is -4.49. The molecule has 0 aliphatic rings. The Bertz CT molecular complexity index is 761. The molecule has 0 saturated carbocycles. The Labute approximate surface area is 137 Å². The van der Waals surface area contributed by atoms with Gasteiger partial charge in [0.2, 0.25) is 0 Å². The third kappa shape index (κ3) is 5.14. The molecule has 0 aliphatic carbocycles. The number of hydrogen-bond donors (Lipinski definition) is 2. The maximum atomic E-state index is 12.6. The number of aliphatic hydroxyl groups excluding tert-OH is 1. The molecule has 2 aromatic rings. The monoisotopic (exact) mass is 333 g/mol. The molecule has 2 rings (SSSR count). The zero-order chi connectivity index (χ0) is 17.6. The van der Waals surface area contributed by atoms with Gasteiger partial charge in [-0.3, -0.25) is 4.79 Å². The number of nitrogens with one attached hydrogen (secondary N) is 1. The Morgan fingerprint density at radius 3 is 2.50 bits per heavy atom. The zero-order valence-electron chi connectivity index (χ0n) is 12.5. The molecule has 0 fully saturated rings. The molecule has 0 spiro atoms. The van der Waals surface area contributed by atoms with Gasteiger partial charge in [-0.25, -0.2) is 0 Å². The van der Waals surface area contributed by atoms with Crippen LogP contribution < -0.4 is 5.32 Å². The van der Waals surface area contributed by atoms with E-state index in [4.69, 9.17) is 0 Å². The summed E-state index contributed by atoms with van der Waals surface area (Å²) in [4.78, 5) is 11.6. The molecule has 124 valence electrons. The first-order valence-electron chi connectivity index (χ1n) is 7.06. The van der Waals surface area contributed by atoms with Gasteiger partial charge in [0.1, 0.15) is 0 Å². The number of hydrogen-bond acceptors (Lipinski definition) is 2. The summed E-state index contributed by atoms with van der Waals surface area (Å²) >= 11 is 0. The van der Waals surface area contributed by atoms with Gasteiger partial charge >= 0.3 is 6.18 Å². The summed E-state index contributed by atoms with van der Waals surface area (Å²) in [5, 5.41) is 12.3. The highest BCUT2D eigenvalue weighted by Gasteiger charge is 2.30. The molecule has 3 nitrogen and oxygen atoms in total. The van der Waals surface area contributed by atoms with Gasteiger partial charge in [-0.05, 0) is 29.8 Å². The van der Waals surface area contributed by atoms with Crippen molar-refractivity contribution in [2.45, 2.75) is 12.3 Å². The van der Waals surface area contributed by atoms with E-state index < -0.39 is 23.8 Å². The van der Waals surface area contributed by atoms with Crippen LogP contribution in [0.25, 0.3) is 0 Å². The van der Waals surface area contributed by atoms with Crippen molar-refractivity contribution in [3.05, 3.63) is 71.3 Å². The van der Waals surface area contributed by atoms with Gasteiger partial charge in [-0.2, -0.15) is 13.2 Å². The van der Waals surface area contributed by atoms with Crippen molar-refractivity contribution in [3.8, 4) is 11.8 Å². The molecule has 0 aliphatic heterocycles. The molecule has 0 radical (unpaired) electrons. The number of benzene rings is 2. The van der Waals surface area contributed by atoms with Crippen molar-refractivity contribution >= 4 is 5.91 Å². The molecular formula is C18H14F3NO2. The van der Waals surface area contributed by atoms with E-state index in [-0.39, 0.29) is 12.1 Å². The first-order valence-corrected chi connectivity index (χ1v) is 7.06. The highest BCUT2D eigenvalue weighted by atomic mass is 19.4. The summed E-state index contributed by atoms with van der Waals surface area (Å²) in [5.41, 5.74) is -0.124. The molecule has 6 heteroatoms. The average molecular weight is 333 g/mol. The first-order chi connectivity index (χ1) is 11.4. The Balaban J connectivity index is 1.95. The third-order valence-corrected chi connectivity index (χ3v) is 3.15. The lowest BCUT2D eigenvalue weighted by atomic mass is 10.1. The summed E-state index contributed by atoms with van der Waals surface area (Å²) in [6, 6.07) is 13.2. The zero-order valence-corrected chi connectivity index (χ0v) is 12.5. The maximum Gasteiger partial charge on any atom is 0.416 e. The third-order valence-electron chi connectivity index (χ3n) is 3.15. The second-order valence-corrected chi connectivity index (χ2v) is 4.97. The summed E-state index contributed by atoms with van der Waals surface area (Å²) in [5.74, 6) is 4.37. The summed E-state index contributed by atoms with van der Waals surface area (Å²) in [6.45, 7) is -0.233. The Morgan fingerprint density at radius 1 is 1.12 bits per heavy atom. The molecule has 0 bridgehead atoms. The Morgan fingerprint density at radius 2 is 1.83 bits per heavy atom. The standard InChI is InChI=1S/C18H14F3NO2/c19-18(20,21)15-8-4-7-14(11-15)16(23)12-22-17(24)10-9-13-5-2-1-3-6-13/h1-8,11,16,23H,12H2,(H,22,24). The number of halogens is 3. The van der Waals surface area contributed by atoms with E-state index in [0.717, 1.165) is 12.1 Å². The predicted molar refractivity (Wildman–Crippen MR) is 82.7 cm³/mol. The molecule has 1 atom stereocenters. The molecule has 1 unspecified atom stereocenters. The lowest BCUT2D eigenvalue weighted by molar-refractivity contribution is -0.137. The van der Waals surface area contributed by atoms with Crippen molar-refractivity contribution in [2.75, 3.05) is 6.54 Å². The van der Waals surface area contributed by atoms with Gasteiger partial charge in [0.05, 0.1) is 11.7 Å². The quantitative estimate of drug-likeness (QED) is 0.849. The predicted octanol–water partition coefficient (Wildman–Crippen LogP) is 2.91. The normalized spacial score (nSPS) is 12.0. The van der Waals surface area contributed by atoms with Crippen molar-refractivity contribution in [1.82, 2.24) is 5.32 Å². The van der Waals surface area contributed by atoms with E-state index in [1.165, 1.54) is 12.1 Å². The smallest absolute Gasteiger partial charge is 0.387 e. The molecule has 1 amide bonds. The van der Waals surface area contributed by atoms with E-state index in [1.54, 1.807) is 24.3 Å². The van der Waals surface area contributed by atoms with Crippen molar-refractivity contribution in [2.24, 2.45) is 0 Å². The topological polar surface area (TPSA) is 49.3 Å². The van der Waals surface area contributed by atoms with Gasteiger partial charge in [-0.15, -0.1) is 0 Å². The van der Waals surface area contributed by atoms with Crippen molar-refractivity contribution in [3.63, 3.8) is 0 Å². The van der Waals surface area contributed by atoms with E-state index in [0.29, 0.717) is 5.56 Å². The fourth-order valence-electron chi connectivity index (χ4n) is 1.92. The molecule has 2 N–H and O–H groups in total. The molecular weight excluding hydrogens is 319 g/mol. The first kappa shape index (κ1) is 17.6. The van der Waals surface area contributed by atoms with Gasteiger partial charge < -0.3 is 10.4 Å². The van der Waals surface area contributed by atoms with E-state index >= 15 is 0 Å². The second kappa shape index (κ2) is 7.66. The summed E-state index contributed by atoms with van der Waals surface area (Å²) in [7, 11) is 0. The van der Waals surface area contributed by atoms with Crippen molar-refractivity contribution in [1.29, 1.82) is 0 Å². The number of aliphatic hydroxyl groups is 1. The largest absolute Gasteiger partial charge is 0.416 e. The van der Waals surface area contributed by atoms with Crippen LogP contribution in [0.15, 0.2) is 54.6 Å². The maximum absolute atomic E-state index is 12.6. The van der Waals surface area contributed by atoms with Crippen molar-refractivity contribution < 1.29 is 23.1 Å². The van der Waals surface area contributed by atoms with Crippen LogP contribution in [0.4, 0.5) is 13.2 Å². The van der Waals surface area contributed by atoms with Gasteiger partial charge in [-0.1, -0.05) is 36.3 Å². The molecule has 2 aromatic carbocycles. The van der Waals surface area contributed by atoms with Crippen LogP contribution in [0.1, 0.15) is 22.8 Å². The van der Waals surface area contributed by atoms with E-state index in [2.05, 4.69) is 17.2 Å². The minimum Gasteiger partial charge on any atom is -0.387 e. The van der Waals surface area contributed by atoms with Crippen LogP contribution in [0.5, 0.6) is 0 Å². The van der Waals surface area contributed by atoms with Gasteiger partial charge in [0, 0.05) is 18.0 Å². The fraction of sp³-hybridized carbons (Fsp3) is 0.167. The number of carbonyl (C=O) groups is 1. The van der Waals surface area contributed by atoms with Gasteiger partial charge in [0.25, 0.3) is 5.91 Å². The summed E-state index contributed by atoms with van der Waals surface area (Å²) in [6.07, 6.45) is -5.74. The highest BCUT2D eigenvalue weighted by molar-refractivity contribution is 5.94. The van der Waals surface area contributed by atoms with Crippen LogP contribution in [0, 0.1) is 11.8 Å². The lowest BCUT2D eigenvalue weighted by Gasteiger charge is -2.13. The molecule has 0 saturated heterocycles. The Hall–Kier alpha value is -2.78. The van der Waals surface area contributed by atoms with Gasteiger partial charge in [0.15, 0.2) is 0 Å². The second-order valence-electron chi connectivity index (χ2n) is 4.97. The van der Waals surface area contributed by atoms with Crippen LogP contribution in [0.2, 0.25) is 0 Å². The minimum absolute atomic E-state index is 0.0705. The summed E-state index contributed by atoms with van der Waals surface area (Å²) < 4.78 is 37.9. The average Bonchev–Trinajstić information content (AvgIpc) is 2.58. The number of amides is 1. The Kier molecular flexibility index (Phi) is 5.61. The van der Waals surface area contributed by atoms with Crippen LogP contribution in [-0.2, 0) is 11.0 Å². The van der Waals surface area contributed by atoms with Crippen LogP contribution in [-0.4, -0.2) is 17.6 Å². The van der Waals surface area contributed by atoms with Crippen LogP contribution >= 0.6 is 0 Å². The SMILES string of the molecule is O=C(C#Cc1ccccc1)NCC(O)c1cccc(C(F)(F)F)c1. The lowest BCUT2D eigenvalue weighted by Crippen LogP contribution is -2.27. The number of rotatable bonds is 3.